The van der Waals surface area contributed by atoms with Gasteiger partial charge in [0.15, 0.2) is 0 Å². The van der Waals surface area contributed by atoms with Gasteiger partial charge >= 0.3 is 0 Å². The minimum Gasteiger partial charge on any atom is -0.354 e. The second kappa shape index (κ2) is 11.8. The second-order valence-corrected chi connectivity index (χ2v) is 12.2. The summed E-state index contributed by atoms with van der Waals surface area (Å²) < 4.78 is 0. The van der Waals surface area contributed by atoms with Gasteiger partial charge in [-0.3, -0.25) is 0 Å². The number of hydrogen-bond donors (Lipinski definition) is 2. The number of aromatic nitrogens is 2. The molecule has 48 heavy (non-hydrogen) atoms. The average Bonchev–Trinajstić information content (AvgIpc) is 3.75. The molecule has 226 valence electrons. The Bertz CT molecular complexity index is 2840. The van der Waals surface area contributed by atoms with Gasteiger partial charge in [0.2, 0.25) is 0 Å². The SMILES string of the molecule is c1ccc2c(c1)[nH]c1c3ccccc3c3ccccc3c21.c1ccc2c(c1)ccc1c3ccccc3[nH]c21.c1ccc2ccccc2c1. The Hall–Kier alpha value is -6.38. The molecular formula is C46H32N2. The summed E-state index contributed by atoms with van der Waals surface area (Å²) in [7, 11) is 0. The van der Waals surface area contributed by atoms with Crippen molar-refractivity contribution < 1.29 is 0 Å². The summed E-state index contributed by atoms with van der Waals surface area (Å²) in [5.41, 5.74) is 4.89. The Morgan fingerprint density at radius 2 is 0.625 bits per heavy atom. The second-order valence-electron chi connectivity index (χ2n) is 12.2. The quantitative estimate of drug-likeness (QED) is 0.160. The molecule has 0 radical (unpaired) electrons. The van der Waals surface area contributed by atoms with Crippen LogP contribution in [0.5, 0.6) is 0 Å². The van der Waals surface area contributed by atoms with Crippen LogP contribution in [0.2, 0.25) is 0 Å². The maximum atomic E-state index is 3.61. The summed E-state index contributed by atoms with van der Waals surface area (Å²) in [6.45, 7) is 0. The molecule has 0 saturated carbocycles. The topological polar surface area (TPSA) is 31.6 Å². The maximum absolute atomic E-state index is 3.61. The van der Waals surface area contributed by atoms with Crippen LogP contribution in [0.1, 0.15) is 0 Å². The van der Waals surface area contributed by atoms with E-state index in [0.29, 0.717) is 0 Å². The van der Waals surface area contributed by atoms with Crippen molar-refractivity contribution >= 4 is 86.7 Å². The molecule has 0 aliphatic heterocycles. The van der Waals surface area contributed by atoms with Crippen molar-refractivity contribution in [2.75, 3.05) is 0 Å². The summed E-state index contributed by atoms with van der Waals surface area (Å²) in [6.07, 6.45) is 0. The zero-order valence-electron chi connectivity index (χ0n) is 26.3. The van der Waals surface area contributed by atoms with Crippen molar-refractivity contribution in [3.05, 3.63) is 182 Å². The number of fused-ring (bicyclic) bond motifs is 14. The minimum absolute atomic E-state index is 1.20. The third-order valence-electron chi connectivity index (χ3n) is 9.45. The standard InChI is InChI=1S/C20H13N.C16H11N.C10H8/c1-3-9-15-13(7-1)14-8-2-4-10-16(14)20-19(15)17-11-5-6-12-18(17)21-20;1-2-6-12-11(5-1)9-10-14-13-7-3-4-8-15(13)17-16(12)14;1-2-6-10-8-4-3-7-9(10)5-1/h1-12,21H;1-10,17H;1-8H. The fourth-order valence-corrected chi connectivity index (χ4v) is 7.22. The van der Waals surface area contributed by atoms with E-state index in [-0.39, 0.29) is 0 Å². The van der Waals surface area contributed by atoms with Gasteiger partial charge in [0.05, 0.1) is 11.0 Å². The third kappa shape index (κ3) is 4.74. The summed E-state index contributed by atoms with van der Waals surface area (Å²) in [5.74, 6) is 0. The number of hydrogen-bond acceptors (Lipinski definition) is 0. The van der Waals surface area contributed by atoms with E-state index >= 15 is 0 Å². The first-order valence-electron chi connectivity index (χ1n) is 16.5. The largest absolute Gasteiger partial charge is 0.354 e. The third-order valence-corrected chi connectivity index (χ3v) is 9.45. The number of aromatic amines is 2. The molecule has 0 saturated heterocycles. The van der Waals surface area contributed by atoms with E-state index in [1.54, 1.807) is 0 Å². The molecule has 9 aromatic carbocycles. The van der Waals surface area contributed by atoms with Crippen LogP contribution in [0.15, 0.2) is 182 Å². The lowest BCUT2D eigenvalue weighted by Gasteiger charge is -2.06. The van der Waals surface area contributed by atoms with Crippen LogP contribution >= 0.6 is 0 Å². The summed E-state index contributed by atoms with van der Waals surface area (Å²) >= 11 is 0. The van der Waals surface area contributed by atoms with E-state index in [4.69, 9.17) is 0 Å². The molecule has 0 fully saturated rings. The van der Waals surface area contributed by atoms with Gasteiger partial charge in [-0.05, 0) is 44.5 Å². The van der Waals surface area contributed by atoms with Gasteiger partial charge in [-0.25, -0.2) is 0 Å². The van der Waals surface area contributed by atoms with Crippen molar-refractivity contribution in [3.8, 4) is 0 Å². The first kappa shape index (κ1) is 27.9. The first-order chi connectivity index (χ1) is 23.8. The van der Waals surface area contributed by atoms with E-state index in [1.165, 1.54) is 86.7 Å². The maximum Gasteiger partial charge on any atom is 0.0551 e. The summed E-state index contributed by atoms with van der Waals surface area (Å²) in [6, 6.07) is 64.0. The van der Waals surface area contributed by atoms with Gasteiger partial charge in [-0.15, -0.1) is 0 Å². The van der Waals surface area contributed by atoms with Crippen LogP contribution in [-0.4, -0.2) is 9.97 Å². The van der Waals surface area contributed by atoms with Gasteiger partial charge in [-0.1, -0.05) is 170 Å². The molecule has 0 unspecified atom stereocenters. The fraction of sp³-hybridized carbons (Fsp3) is 0. The first-order valence-corrected chi connectivity index (χ1v) is 16.5. The van der Waals surface area contributed by atoms with Gasteiger partial charge < -0.3 is 9.97 Å². The number of para-hydroxylation sites is 2. The Morgan fingerprint density at radius 3 is 1.27 bits per heavy atom. The molecule has 11 rings (SSSR count). The highest BCUT2D eigenvalue weighted by Gasteiger charge is 2.12. The number of H-pyrrole nitrogens is 2. The fourth-order valence-electron chi connectivity index (χ4n) is 7.22. The van der Waals surface area contributed by atoms with Crippen LogP contribution < -0.4 is 0 Å². The number of nitrogens with one attached hydrogen (secondary N) is 2. The minimum atomic E-state index is 1.20. The van der Waals surface area contributed by atoms with Crippen molar-refractivity contribution in [1.29, 1.82) is 0 Å². The summed E-state index contributed by atoms with van der Waals surface area (Å²) in [5, 5.41) is 15.7. The Kier molecular flexibility index (Phi) is 6.84. The highest BCUT2D eigenvalue weighted by atomic mass is 14.7. The molecule has 2 heterocycles. The normalized spacial score (nSPS) is 11.3. The van der Waals surface area contributed by atoms with E-state index in [1.807, 2.05) is 0 Å². The highest BCUT2D eigenvalue weighted by Crippen LogP contribution is 2.38. The van der Waals surface area contributed by atoms with Crippen molar-refractivity contribution in [1.82, 2.24) is 9.97 Å². The van der Waals surface area contributed by atoms with Crippen LogP contribution in [0.25, 0.3) is 86.7 Å². The number of rotatable bonds is 0. The molecule has 0 aliphatic carbocycles. The number of benzene rings is 9. The molecule has 2 N–H and O–H groups in total. The molecule has 0 amide bonds. The van der Waals surface area contributed by atoms with Crippen molar-refractivity contribution in [3.63, 3.8) is 0 Å². The zero-order chi connectivity index (χ0) is 31.9. The van der Waals surface area contributed by atoms with Crippen molar-refractivity contribution in [2.24, 2.45) is 0 Å². The Balaban J connectivity index is 0.000000104. The molecule has 2 heteroatoms. The average molecular weight is 613 g/mol. The van der Waals surface area contributed by atoms with Crippen LogP contribution in [0.4, 0.5) is 0 Å². The zero-order valence-corrected chi connectivity index (χ0v) is 26.3. The Labute approximate surface area is 277 Å². The van der Waals surface area contributed by atoms with Crippen molar-refractivity contribution in [2.45, 2.75) is 0 Å². The van der Waals surface area contributed by atoms with Crippen LogP contribution in [0, 0.1) is 0 Å². The smallest absolute Gasteiger partial charge is 0.0551 e. The molecule has 0 aliphatic rings. The molecule has 0 atom stereocenters. The molecule has 0 spiro atoms. The van der Waals surface area contributed by atoms with Gasteiger partial charge in [0.25, 0.3) is 0 Å². The van der Waals surface area contributed by atoms with Gasteiger partial charge in [-0.2, -0.15) is 0 Å². The van der Waals surface area contributed by atoms with E-state index in [9.17, 15) is 0 Å². The van der Waals surface area contributed by atoms with Crippen LogP contribution in [0.3, 0.4) is 0 Å². The van der Waals surface area contributed by atoms with Gasteiger partial charge in [0, 0.05) is 43.4 Å². The van der Waals surface area contributed by atoms with E-state index in [0.717, 1.165) is 0 Å². The van der Waals surface area contributed by atoms with Gasteiger partial charge in [0.1, 0.15) is 0 Å². The predicted octanol–water partition coefficient (Wildman–Crippen LogP) is 12.9. The Morgan fingerprint density at radius 1 is 0.229 bits per heavy atom. The molecule has 0 bridgehead atoms. The van der Waals surface area contributed by atoms with E-state index in [2.05, 4.69) is 192 Å². The lowest BCUT2D eigenvalue weighted by molar-refractivity contribution is 1.56. The lowest BCUT2D eigenvalue weighted by Crippen LogP contribution is -1.80. The predicted molar refractivity (Wildman–Crippen MR) is 208 cm³/mol. The lowest BCUT2D eigenvalue weighted by atomic mass is 9.97. The molecule has 2 aromatic heterocycles. The monoisotopic (exact) mass is 612 g/mol. The summed E-state index contributed by atoms with van der Waals surface area (Å²) in [4.78, 5) is 7.13. The molecular weight excluding hydrogens is 581 g/mol. The molecule has 11 aromatic rings. The molecule has 2 nitrogen and oxygen atoms in total. The van der Waals surface area contributed by atoms with Crippen LogP contribution in [-0.2, 0) is 0 Å². The highest BCUT2D eigenvalue weighted by molar-refractivity contribution is 6.31. The van der Waals surface area contributed by atoms with E-state index < -0.39 is 0 Å².